The van der Waals surface area contributed by atoms with E-state index in [0.29, 0.717) is 0 Å². The molecule has 0 nitrogen and oxygen atoms in total. The zero-order chi connectivity index (χ0) is 8.36. The number of hydrogen-bond acceptors (Lipinski definition) is 2. The van der Waals surface area contributed by atoms with E-state index >= 15 is 0 Å². The quantitative estimate of drug-likeness (QED) is 0.426. The molecule has 0 fully saturated rings. The van der Waals surface area contributed by atoms with Crippen LogP contribution in [-0.2, 0) is 0 Å². The lowest BCUT2D eigenvalue weighted by Gasteiger charge is -1.98. The van der Waals surface area contributed by atoms with Gasteiger partial charge in [-0.3, -0.25) is 0 Å². The molecule has 0 unspecified atom stereocenters. The lowest BCUT2D eigenvalue weighted by Crippen LogP contribution is -1.81. The third kappa shape index (κ3) is 10.7. The Balaban J connectivity index is 2.69. The minimum atomic E-state index is 1.05. The summed E-state index contributed by atoms with van der Waals surface area (Å²) in [5.74, 6) is 2.10. The predicted molar refractivity (Wildman–Crippen MR) is 60.0 cm³/mol. The largest absolute Gasteiger partial charge is 0.179 e. The first-order chi connectivity index (χ1) is 5.41. The van der Waals surface area contributed by atoms with Crippen molar-refractivity contribution in [2.24, 2.45) is 0 Å². The van der Waals surface area contributed by atoms with E-state index in [1.165, 1.54) is 44.9 Å². The fourth-order valence-corrected chi connectivity index (χ4v) is 1.55. The van der Waals surface area contributed by atoms with Gasteiger partial charge in [0.2, 0.25) is 0 Å². The summed E-state index contributed by atoms with van der Waals surface area (Å²) in [5, 5.41) is 0. The fourth-order valence-electron chi connectivity index (χ4n) is 1.11. The summed E-state index contributed by atoms with van der Waals surface area (Å²) < 4.78 is 0. The molecule has 0 aromatic heterocycles. The molecule has 0 saturated carbocycles. The van der Waals surface area contributed by atoms with Crippen LogP contribution in [0.1, 0.15) is 44.9 Å². The van der Waals surface area contributed by atoms with Gasteiger partial charge in [-0.2, -0.15) is 25.3 Å². The van der Waals surface area contributed by atoms with Crippen molar-refractivity contribution >= 4 is 25.3 Å². The molecular formula is C9H20S2. The van der Waals surface area contributed by atoms with Gasteiger partial charge < -0.3 is 0 Å². The van der Waals surface area contributed by atoms with Gasteiger partial charge in [0.25, 0.3) is 0 Å². The fraction of sp³-hybridized carbons (Fsp3) is 1.00. The Bertz CT molecular complexity index is 56.6. The highest BCUT2D eigenvalue weighted by atomic mass is 32.1. The first-order valence-electron chi connectivity index (χ1n) is 4.63. The maximum Gasteiger partial charge on any atom is -0.00979 e. The summed E-state index contributed by atoms with van der Waals surface area (Å²) in [4.78, 5) is 0. The molecule has 0 heterocycles. The minimum Gasteiger partial charge on any atom is -0.179 e. The molecule has 0 aliphatic rings. The molecule has 0 bridgehead atoms. The van der Waals surface area contributed by atoms with Crippen LogP contribution in [0.25, 0.3) is 0 Å². The highest BCUT2D eigenvalue weighted by molar-refractivity contribution is 7.80. The van der Waals surface area contributed by atoms with Gasteiger partial charge in [-0.1, -0.05) is 32.1 Å². The molecule has 0 aliphatic carbocycles. The van der Waals surface area contributed by atoms with Crippen LogP contribution in [0.5, 0.6) is 0 Å². The molecular weight excluding hydrogens is 172 g/mol. The Kier molecular flexibility index (Phi) is 11.4. The van der Waals surface area contributed by atoms with Gasteiger partial charge in [-0.25, -0.2) is 0 Å². The molecule has 0 aromatic rings. The zero-order valence-electron chi connectivity index (χ0n) is 7.26. The van der Waals surface area contributed by atoms with Crippen LogP contribution in [-0.4, -0.2) is 11.5 Å². The van der Waals surface area contributed by atoms with E-state index in [2.05, 4.69) is 25.3 Å². The third-order valence-corrected chi connectivity index (χ3v) is 2.45. The molecule has 0 rings (SSSR count). The van der Waals surface area contributed by atoms with E-state index in [1.807, 2.05) is 0 Å². The molecule has 0 spiro atoms. The van der Waals surface area contributed by atoms with Crippen molar-refractivity contribution in [3.05, 3.63) is 0 Å². The van der Waals surface area contributed by atoms with Crippen molar-refractivity contribution in [1.29, 1.82) is 0 Å². The van der Waals surface area contributed by atoms with Gasteiger partial charge in [-0.15, -0.1) is 0 Å². The van der Waals surface area contributed by atoms with Crippen molar-refractivity contribution in [2.45, 2.75) is 44.9 Å². The number of unbranched alkanes of at least 4 members (excludes halogenated alkanes) is 6. The molecule has 0 saturated heterocycles. The van der Waals surface area contributed by atoms with Crippen LogP contribution in [0.2, 0.25) is 0 Å². The molecule has 2 heteroatoms. The van der Waals surface area contributed by atoms with Crippen molar-refractivity contribution in [3.63, 3.8) is 0 Å². The Morgan fingerprint density at radius 1 is 0.455 bits per heavy atom. The van der Waals surface area contributed by atoms with Crippen LogP contribution in [0.4, 0.5) is 0 Å². The summed E-state index contributed by atoms with van der Waals surface area (Å²) in [6.45, 7) is 0. The van der Waals surface area contributed by atoms with Gasteiger partial charge in [0, 0.05) is 0 Å². The normalized spacial score (nSPS) is 10.4. The second-order valence-electron chi connectivity index (χ2n) is 2.92. The van der Waals surface area contributed by atoms with Crippen molar-refractivity contribution in [1.82, 2.24) is 0 Å². The van der Waals surface area contributed by atoms with Crippen LogP contribution >= 0.6 is 25.3 Å². The maximum atomic E-state index is 4.17. The number of thiol groups is 2. The first-order valence-corrected chi connectivity index (χ1v) is 5.90. The molecule has 0 aliphatic heterocycles. The monoisotopic (exact) mass is 192 g/mol. The molecule has 0 atom stereocenters. The highest BCUT2D eigenvalue weighted by Gasteiger charge is 1.89. The van der Waals surface area contributed by atoms with E-state index in [1.54, 1.807) is 0 Å². The lowest BCUT2D eigenvalue weighted by atomic mass is 10.1. The third-order valence-electron chi connectivity index (χ3n) is 1.82. The smallest absolute Gasteiger partial charge is 0.00979 e. The molecule has 68 valence electrons. The molecule has 0 amide bonds. The maximum absolute atomic E-state index is 4.17. The standard InChI is InChI=1S/C9H20S2/c10-8-6-4-2-1-3-5-7-9-11/h10-11H,1-9H2. The second-order valence-corrected chi connectivity index (χ2v) is 3.82. The van der Waals surface area contributed by atoms with Crippen molar-refractivity contribution < 1.29 is 0 Å². The van der Waals surface area contributed by atoms with E-state index in [0.717, 1.165) is 11.5 Å². The van der Waals surface area contributed by atoms with E-state index in [-0.39, 0.29) is 0 Å². The summed E-state index contributed by atoms with van der Waals surface area (Å²) in [5.41, 5.74) is 0. The van der Waals surface area contributed by atoms with E-state index in [4.69, 9.17) is 0 Å². The van der Waals surface area contributed by atoms with Gasteiger partial charge in [0.05, 0.1) is 0 Å². The summed E-state index contributed by atoms with van der Waals surface area (Å²) in [7, 11) is 0. The van der Waals surface area contributed by atoms with E-state index < -0.39 is 0 Å². The van der Waals surface area contributed by atoms with Crippen molar-refractivity contribution in [2.75, 3.05) is 11.5 Å². The number of hydrogen-bond donors (Lipinski definition) is 2. The van der Waals surface area contributed by atoms with Crippen LogP contribution in [0.15, 0.2) is 0 Å². The SMILES string of the molecule is SCCCCCCCCCS. The predicted octanol–water partition coefficient (Wildman–Crippen LogP) is 3.58. The zero-order valence-corrected chi connectivity index (χ0v) is 9.05. The lowest BCUT2D eigenvalue weighted by molar-refractivity contribution is 0.606. The highest BCUT2D eigenvalue weighted by Crippen LogP contribution is 2.07. The van der Waals surface area contributed by atoms with Crippen LogP contribution < -0.4 is 0 Å². The molecule has 0 N–H and O–H groups in total. The minimum absolute atomic E-state index is 1.05. The van der Waals surface area contributed by atoms with Gasteiger partial charge in [0.15, 0.2) is 0 Å². The Hall–Kier alpha value is 0.700. The topological polar surface area (TPSA) is 0 Å². The van der Waals surface area contributed by atoms with E-state index in [9.17, 15) is 0 Å². The Labute approximate surface area is 82.0 Å². The van der Waals surface area contributed by atoms with Crippen LogP contribution in [0, 0.1) is 0 Å². The average Bonchev–Trinajstić information content (AvgIpc) is 2.03. The summed E-state index contributed by atoms with van der Waals surface area (Å²) in [6, 6.07) is 0. The van der Waals surface area contributed by atoms with Gasteiger partial charge in [0.1, 0.15) is 0 Å². The summed E-state index contributed by atoms with van der Waals surface area (Å²) >= 11 is 8.34. The number of rotatable bonds is 8. The molecule has 11 heavy (non-hydrogen) atoms. The second kappa shape index (κ2) is 10.7. The molecule has 0 radical (unpaired) electrons. The van der Waals surface area contributed by atoms with Crippen molar-refractivity contribution in [3.8, 4) is 0 Å². The average molecular weight is 192 g/mol. The summed E-state index contributed by atoms with van der Waals surface area (Å²) in [6.07, 6.45) is 9.50. The molecule has 0 aromatic carbocycles. The van der Waals surface area contributed by atoms with Gasteiger partial charge >= 0.3 is 0 Å². The Morgan fingerprint density at radius 2 is 0.727 bits per heavy atom. The van der Waals surface area contributed by atoms with Crippen LogP contribution in [0.3, 0.4) is 0 Å². The Morgan fingerprint density at radius 3 is 1.00 bits per heavy atom. The van der Waals surface area contributed by atoms with Gasteiger partial charge in [-0.05, 0) is 24.3 Å². The first kappa shape index (κ1) is 11.7.